The van der Waals surface area contributed by atoms with Gasteiger partial charge in [-0.1, -0.05) is 66.2 Å². The second-order valence-electron chi connectivity index (χ2n) is 15.2. The van der Waals surface area contributed by atoms with Crippen molar-refractivity contribution in [1.29, 1.82) is 0 Å². The van der Waals surface area contributed by atoms with Crippen LogP contribution in [0, 0.1) is 6.92 Å². The SMILES string of the molecule is CCN(Cc1cccc(S(=O)(=O)O)c1)c1ccc(C(=C2C=CC(=[N+](CC)Cc3cccc(C)c3)C=C2)c2ccc(C(=O)NCC(=O)NCCc3ccc(O)cc3)cc2S(=O)(=O)O)cc1. The van der Waals surface area contributed by atoms with E-state index < -0.39 is 36.9 Å². The number of aromatic hydroxyl groups is 1. The van der Waals surface area contributed by atoms with Gasteiger partial charge in [0.2, 0.25) is 5.91 Å². The van der Waals surface area contributed by atoms with Crippen molar-refractivity contribution in [2.45, 2.75) is 50.1 Å². The van der Waals surface area contributed by atoms with Gasteiger partial charge < -0.3 is 20.6 Å². The van der Waals surface area contributed by atoms with Crippen molar-refractivity contribution in [2.75, 3.05) is 31.1 Å². The number of amides is 2. The summed E-state index contributed by atoms with van der Waals surface area (Å²) in [5.41, 5.74) is 7.30. The first-order valence-corrected chi connectivity index (χ1v) is 23.5. The third-order valence-corrected chi connectivity index (χ3v) is 12.4. The van der Waals surface area contributed by atoms with Crippen LogP contribution >= 0.6 is 0 Å². The van der Waals surface area contributed by atoms with E-state index in [-0.39, 0.29) is 34.9 Å². The van der Waals surface area contributed by atoms with E-state index in [0.29, 0.717) is 48.3 Å². The largest absolute Gasteiger partial charge is 0.508 e. The first kappa shape index (κ1) is 46.8. The van der Waals surface area contributed by atoms with Crippen LogP contribution < -0.4 is 15.5 Å². The third kappa shape index (κ3) is 12.3. The Balaban J connectivity index is 1.33. The summed E-state index contributed by atoms with van der Waals surface area (Å²) in [7, 11) is -9.33. The minimum atomic E-state index is -4.93. The summed E-state index contributed by atoms with van der Waals surface area (Å²) in [6.07, 6.45) is 8.17. The van der Waals surface area contributed by atoms with Crippen LogP contribution in [0.4, 0.5) is 5.69 Å². The maximum absolute atomic E-state index is 13.3. The average molecular weight is 904 g/mol. The van der Waals surface area contributed by atoms with Crippen molar-refractivity contribution in [2.24, 2.45) is 0 Å². The molecule has 1 aliphatic rings. The van der Waals surface area contributed by atoms with E-state index in [1.165, 1.54) is 24.3 Å². The summed E-state index contributed by atoms with van der Waals surface area (Å²) < 4.78 is 72.5. The standard InChI is InChI=1S/C49H50N4O9S2/c1-4-52(32-36-9-6-8-34(3)28-36)41-19-14-38(15-20-41)48(39-16-21-42(22-17-39)53(5-2)33-37-10-7-11-44(29-37)63(57,58)59)45-25-18-40(30-46(45)64(60,61)62)49(56)51-31-47(55)50-27-26-35-12-23-43(54)24-13-35/h6-25,28-30H,4-5,26-27,31-33H2,1-3H3,(H4-,50,51,54,55,56,57,58,59,60,61,62)/p+1. The maximum atomic E-state index is 13.3. The Hall–Kier alpha value is -6.65. The number of hydrogen-bond acceptors (Lipinski definition) is 8. The van der Waals surface area contributed by atoms with Crippen LogP contribution in [0.2, 0.25) is 0 Å². The zero-order chi connectivity index (χ0) is 46.0. The van der Waals surface area contributed by atoms with Crippen LogP contribution in [0.1, 0.15) is 57.6 Å². The Bertz CT molecular complexity index is 2870. The van der Waals surface area contributed by atoms with Crippen molar-refractivity contribution in [1.82, 2.24) is 10.6 Å². The van der Waals surface area contributed by atoms with Gasteiger partial charge in [-0.3, -0.25) is 18.7 Å². The predicted molar refractivity (Wildman–Crippen MR) is 248 cm³/mol. The first-order chi connectivity index (χ1) is 30.5. The fraction of sp³-hybridized carbons (Fsp3) is 0.204. The second kappa shape index (κ2) is 20.7. The number of nitrogens with zero attached hydrogens (tertiary/aromatic N) is 2. The lowest BCUT2D eigenvalue weighted by Crippen LogP contribution is -2.37. The van der Waals surface area contributed by atoms with Gasteiger partial charge >= 0.3 is 0 Å². The Morgan fingerprint density at radius 2 is 1.38 bits per heavy atom. The van der Waals surface area contributed by atoms with Crippen LogP contribution in [0.3, 0.4) is 0 Å². The van der Waals surface area contributed by atoms with E-state index >= 15 is 0 Å². The van der Waals surface area contributed by atoms with Gasteiger partial charge in [-0.15, -0.1) is 0 Å². The number of phenolic OH excluding ortho intramolecular Hbond substituents is 1. The minimum Gasteiger partial charge on any atom is -0.508 e. The minimum absolute atomic E-state index is 0.0929. The predicted octanol–water partition coefficient (Wildman–Crippen LogP) is 6.91. The molecule has 64 heavy (non-hydrogen) atoms. The summed E-state index contributed by atoms with van der Waals surface area (Å²) in [6, 6.07) is 32.3. The molecule has 13 nitrogen and oxygen atoms in total. The molecule has 0 spiro atoms. The molecule has 0 atom stereocenters. The molecule has 0 fully saturated rings. The summed E-state index contributed by atoms with van der Waals surface area (Å²) >= 11 is 0. The van der Waals surface area contributed by atoms with Crippen molar-refractivity contribution in [3.63, 3.8) is 0 Å². The molecule has 0 saturated carbocycles. The van der Waals surface area contributed by atoms with Gasteiger partial charge in [0.1, 0.15) is 17.2 Å². The molecule has 15 heteroatoms. The van der Waals surface area contributed by atoms with Gasteiger partial charge in [-0.25, -0.2) is 4.58 Å². The van der Waals surface area contributed by atoms with Crippen molar-refractivity contribution in [3.8, 4) is 5.75 Å². The topological polar surface area (TPSA) is 193 Å². The monoisotopic (exact) mass is 903 g/mol. The van der Waals surface area contributed by atoms with Crippen LogP contribution in [-0.4, -0.2) is 79.3 Å². The molecule has 5 N–H and O–H groups in total. The van der Waals surface area contributed by atoms with Gasteiger partial charge in [0.25, 0.3) is 26.1 Å². The van der Waals surface area contributed by atoms with Crippen LogP contribution in [0.15, 0.2) is 155 Å². The molecular formula is C49H51N4O9S2+. The Morgan fingerprint density at radius 1 is 0.703 bits per heavy atom. The first-order valence-electron chi connectivity index (χ1n) is 20.7. The van der Waals surface area contributed by atoms with Crippen molar-refractivity contribution >= 4 is 49.0 Å². The number of benzene rings is 5. The molecule has 2 amide bonds. The molecule has 332 valence electrons. The number of carbonyl (C=O) groups is 2. The Labute approximate surface area is 374 Å². The zero-order valence-corrected chi connectivity index (χ0v) is 37.4. The molecule has 0 aliphatic heterocycles. The Kier molecular flexibility index (Phi) is 15.1. The van der Waals surface area contributed by atoms with E-state index in [0.717, 1.165) is 40.7 Å². The molecule has 0 bridgehead atoms. The number of carbonyl (C=O) groups excluding carboxylic acids is 2. The zero-order valence-electron chi connectivity index (χ0n) is 35.7. The van der Waals surface area contributed by atoms with Gasteiger partial charge in [0.05, 0.1) is 11.4 Å². The quantitative estimate of drug-likeness (QED) is 0.0484. The van der Waals surface area contributed by atoms with Gasteiger partial charge in [0.15, 0.2) is 12.3 Å². The van der Waals surface area contributed by atoms with Crippen molar-refractivity contribution < 1.29 is 45.2 Å². The highest BCUT2D eigenvalue weighted by atomic mass is 32.2. The van der Waals surface area contributed by atoms with E-state index in [1.807, 2.05) is 79.4 Å². The highest BCUT2D eigenvalue weighted by Gasteiger charge is 2.25. The van der Waals surface area contributed by atoms with E-state index in [2.05, 4.69) is 34.3 Å². The fourth-order valence-electron chi connectivity index (χ4n) is 7.40. The highest BCUT2D eigenvalue weighted by Crippen LogP contribution is 2.35. The van der Waals surface area contributed by atoms with Crippen LogP contribution in [-0.2, 0) is 44.5 Å². The van der Waals surface area contributed by atoms with Gasteiger partial charge in [-0.05, 0) is 122 Å². The molecule has 0 aromatic heterocycles. The lowest BCUT2D eigenvalue weighted by molar-refractivity contribution is -0.539. The lowest BCUT2D eigenvalue weighted by atomic mass is 9.90. The van der Waals surface area contributed by atoms with Gasteiger partial charge in [0, 0.05) is 54.2 Å². The molecular weight excluding hydrogens is 853 g/mol. The summed E-state index contributed by atoms with van der Waals surface area (Å²) in [5.74, 6) is -1.06. The lowest BCUT2D eigenvalue weighted by Gasteiger charge is -2.24. The van der Waals surface area contributed by atoms with E-state index in [4.69, 9.17) is 0 Å². The van der Waals surface area contributed by atoms with E-state index in [9.17, 15) is 40.6 Å². The number of phenols is 1. The number of hydrogen-bond donors (Lipinski definition) is 5. The van der Waals surface area contributed by atoms with Crippen molar-refractivity contribution in [3.05, 3.63) is 184 Å². The van der Waals surface area contributed by atoms with Gasteiger partial charge in [-0.2, -0.15) is 16.8 Å². The molecule has 0 radical (unpaired) electrons. The maximum Gasteiger partial charge on any atom is 0.295 e. The number of allylic oxidation sites excluding steroid dienone is 5. The number of nitrogens with one attached hydrogen (secondary N) is 2. The highest BCUT2D eigenvalue weighted by molar-refractivity contribution is 7.86. The van der Waals surface area contributed by atoms with E-state index in [1.54, 1.807) is 36.4 Å². The molecule has 6 rings (SSSR count). The van der Waals surface area contributed by atoms with Crippen LogP contribution in [0.5, 0.6) is 5.75 Å². The average Bonchev–Trinajstić information content (AvgIpc) is 3.27. The second-order valence-corrected chi connectivity index (χ2v) is 18.1. The number of aryl methyl sites for hydroxylation is 1. The summed E-state index contributed by atoms with van der Waals surface area (Å²) in [5, 5.41) is 14.7. The molecule has 0 heterocycles. The molecule has 1 aliphatic carbocycles. The smallest absolute Gasteiger partial charge is 0.295 e. The number of anilines is 1. The fourth-order valence-corrected chi connectivity index (χ4v) is 8.67. The summed E-state index contributed by atoms with van der Waals surface area (Å²) in [6.45, 7) is 8.22. The Morgan fingerprint density at radius 3 is 2.02 bits per heavy atom. The molecule has 5 aromatic carbocycles. The number of rotatable bonds is 17. The molecule has 5 aromatic rings. The molecule has 0 unspecified atom stereocenters. The molecule has 0 saturated heterocycles. The normalized spacial score (nSPS) is 12.5. The summed E-state index contributed by atoms with van der Waals surface area (Å²) in [4.78, 5) is 27.2. The third-order valence-electron chi connectivity index (χ3n) is 10.7. The van der Waals surface area contributed by atoms with Crippen LogP contribution in [0.25, 0.3) is 5.57 Å².